The van der Waals surface area contributed by atoms with Gasteiger partial charge in [0.15, 0.2) is 5.82 Å². The molecular weight excluding hydrogens is 224 g/mol. The SMILES string of the molecule is Nc1cc(Cl)c(F)c(S(=O)(=O)F)c1. The number of hydrogen-bond acceptors (Lipinski definition) is 3. The maximum atomic E-state index is 12.9. The van der Waals surface area contributed by atoms with E-state index in [1.807, 2.05) is 0 Å². The Morgan fingerprint density at radius 3 is 2.38 bits per heavy atom. The van der Waals surface area contributed by atoms with Gasteiger partial charge in [-0.3, -0.25) is 0 Å². The molecule has 1 aromatic carbocycles. The van der Waals surface area contributed by atoms with E-state index in [2.05, 4.69) is 0 Å². The third-order valence-corrected chi connectivity index (χ3v) is 2.38. The van der Waals surface area contributed by atoms with Gasteiger partial charge in [-0.2, -0.15) is 8.42 Å². The summed E-state index contributed by atoms with van der Waals surface area (Å²) in [6.45, 7) is 0. The summed E-state index contributed by atoms with van der Waals surface area (Å²) in [5.74, 6) is -1.33. The molecule has 0 saturated heterocycles. The summed E-state index contributed by atoms with van der Waals surface area (Å²) in [4.78, 5) is -1.14. The Bertz CT molecular complexity index is 446. The van der Waals surface area contributed by atoms with Crippen LogP contribution in [-0.4, -0.2) is 8.42 Å². The zero-order valence-corrected chi connectivity index (χ0v) is 7.66. The van der Waals surface area contributed by atoms with Crippen molar-refractivity contribution in [2.24, 2.45) is 0 Å². The average molecular weight is 228 g/mol. The van der Waals surface area contributed by atoms with Crippen molar-refractivity contribution in [3.63, 3.8) is 0 Å². The highest BCUT2D eigenvalue weighted by atomic mass is 35.5. The largest absolute Gasteiger partial charge is 0.399 e. The number of anilines is 1. The molecule has 3 nitrogen and oxygen atoms in total. The van der Waals surface area contributed by atoms with Crippen molar-refractivity contribution in [1.82, 2.24) is 0 Å². The van der Waals surface area contributed by atoms with Gasteiger partial charge in [0.25, 0.3) is 0 Å². The fourth-order valence-corrected chi connectivity index (χ4v) is 1.65. The van der Waals surface area contributed by atoms with Crippen LogP contribution in [0.25, 0.3) is 0 Å². The lowest BCUT2D eigenvalue weighted by Gasteiger charge is -2.01. The third-order valence-electron chi connectivity index (χ3n) is 1.28. The highest BCUT2D eigenvalue weighted by molar-refractivity contribution is 7.86. The normalized spacial score (nSPS) is 11.6. The Balaban J connectivity index is 3.56. The fraction of sp³-hybridized carbons (Fsp3) is 0. The van der Waals surface area contributed by atoms with Gasteiger partial charge in [0, 0.05) is 5.69 Å². The quantitative estimate of drug-likeness (QED) is 0.587. The first-order chi connectivity index (χ1) is 5.82. The van der Waals surface area contributed by atoms with Gasteiger partial charge in [-0.1, -0.05) is 11.6 Å². The Kier molecular flexibility index (Phi) is 2.44. The molecule has 0 aliphatic rings. The van der Waals surface area contributed by atoms with Crippen LogP contribution in [0.2, 0.25) is 5.02 Å². The lowest BCUT2D eigenvalue weighted by atomic mass is 10.3. The molecule has 0 radical (unpaired) electrons. The highest BCUT2D eigenvalue weighted by Gasteiger charge is 2.20. The molecule has 1 aromatic rings. The third kappa shape index (κ3) is 2.07. The van der Waals surface area contributed by atoms with Crippen LogP contribution in [0.5, 0.6) is 0 Å². The number of halogens is 3. The van der Waals surface area contributed by atoms with E-state index >= 15 is 0 Å². The van der Waals surface area contributed by atoms with E-state index in [9.17, 15) is 16.7 Å². The summed E-state index contributed by atoms with van der Waals surface area (Å²) in [5, 5.41) is -0.531. The van der Waals surface area contributed by atoms with Crippen molar-refractivity contribution >= 4 is 27.5 Å². The second-order valence-electron chi connectivity index (χ2n) is 2.25. The molecule has 7 heteroatoms. The highest BCUT2D eigenvalue weighted by Crippen LogP contribution is 2.26. The van der Waals surface area contributed by atoms with E-state index in [4.69, 9.17) is 17.3 Å². The first-order valence-electron chi connectivity index (χ1n) is 3.01. The minimum Gasteiger partial charge on any atom is -0.399 e. The molecule has 0 saturated carbocycles. The van der Waals surface area contributed by atoms with Crippen molar-refractivity contribution < 1.29 is 16.7 Å². The van der Waals surface area contributed by atoms with Gasteiger partial charge in [0.1, 0.15) is 4.90 Å². The lowest BCUT2D eigenvalue weighted by Crippen LogP contribution is -1.99. The van der Waals surface area contributed by atoms with Gasteiger partial charge in [-0.15, -0.1) is 3.89 Å². The first-order valence-corrected chi connectivity index (χ1v) is 4.77. The zero-order valence-electron chi connectivity index (χ0n) is 6.09. The zero-order chi connectivity index (χ0) is 10.2. The van der Waals surface area contributed by atoms with Crippen LogP contribution in [0.3, 0.4) is 0 Å². The Hall–Kier alpha value is -0.880. The number of nitrogens with two attached hydrogens (primary N) is 1. The average Bonchev–Trinajstić information content (AvgIpc) is 1.94. The molecule has 0 unspecified atom stereocenters. The minimum atomic E-state index is -5.12. The molecule has 0 amide bonds. The van der Waals surface area contributed by atoms with Crippen LogP contribution < -0.4 is 5.73 Å². The molecule has 13 heavy (non-hydrogen) atoms. The number of benzene rings is 1. The molecule has 2 N–H and O–H groups in total. The summed E-state index contributed by atoms with van der Waals surface area (Å²) in [7, 11) is -5.12. The molecule has 0 heterocycles. The Morgan fingerprint density at radius 2 is 1.92 bits per heavy atom. The summed E-state index contributed by atoms with van der Waals surface area (Å²) in [5.41, 5.74) is 5.02. The summed E-state index contributed by atoms with van der Waals surface area (Å²) >= 11 is 5.24. The van der Waals surface area contributed by atoms with Crippen molar-refractivity contribution in [1.29, 1.82) is 0 Å². The molecule has 1 rings (SSSR count). The van der Waals surface area contributed by atoms with Crippen LogP contribution >= 0.6 is 11.6 Å². The number of rotatable bonds is 1. The van der Waals surface area contributed by atoms with Gasteiger partial charge in [0.05, 0.1) is 5.02 Å². The lowest BCUT2D eigenvalue weighted by molar-refractivity contribution is 0.534. The van der Waals surface area contributed by atoms with Gasteiger partial charge in [-0.05, 0) is 12.1 Å². The van der Waals surface area contributed by atoms with E-state index in [0.29, 0.717) is 6.07 Å². The van der Waals surface area contributed by atoms with Crippen LogP contribution in [0.15, 0.2) is 17.0 Å². The summed E-state index contributed by atoms with van der Waals surface area (Å²) in [6, 6.07) is 1.65. The van der Waals surface area contributed by atoms with Gasteiger partial charge in [-0.25, -0.2) is 4.39 Å². The van der Waals surface area contributed by atoms with E-state index in [1.165, 1.54) is 0 Å². The van der Waals surface area contributed by atoms with E-state index in [-0.39, 0.29) is 5.69 Å². The number of nitrogen functional groups attached to an aromatic ring is 1. The maximum Gasteiger partial charge on any atom is 0.335 e. The minimum absolute atomic E-state index is 0.123. The van der Waals surface area contributed by atoms with Crippen LogP contribution in [0.1, 0.15) is 0 Å². The molecule has 0 aliphatic carbocycles. The summed E-state index contributed by atoms with van der Waals surface area (Å²) < 4.78 is 45.9. The van der Waals surface area contributed by atoms with Gasteiger partial charge in [0.2, 0.25) is 0 Å². The topological polar surface area (TPSA) is 60.2 Å². The maximum absolute atomic E-state index is 12.9. The summed E-state index contributed by atoms with van der Waals surface area (Å²) in [6.07, 6.45) is 0. The van der Waals surface area contributed by atoms with Crippen LogP contribution in [0, 0.1) is 5.82 Å². The van der Waals surface area contributed by atoms with E-state index < -0.39 is 26.0 Å². The van der Waals surface area contributed by atoms with Crippen molar-refractivity contribution in [2.45, 2.75) is 4.90 Å². The number of hydrogen-bond donors (Lipinski definition) is 1. The van der Waals surface area contributed by atoms with Crippen LogP contribution in [-0.2, 0) is 10.2 Å². The molecule has 72 valence electrons. The Morgan fingerprint density at radius 1 is 1.38 bits per heavy atom. The van der Waals surface area contributed by atoms with E-state index in [0.717, 1.165) is 6.07 Å². The second-order valence-corrected chi connectivity index (χ2v) is 3.98. The molecule has 0 atom stereocenters. The van der Waals surface area contributed by atoms with Gasteiger partial charge >= 0.3 is 10.2 Å². The molecule has 0 fully saturated rings. The smallest absolute Gasteiger partial charge is 0.335 e. The molecular formula is C6H4ClF2NO2S. The Labute approximate surface area is 78.3 Å². The molecule has 0 aromatic heterocycles. The van der Waals surface area contributed by atoms with Crippen molar-refractivity contribution in [3.05, 3.63) is 23.0 Å². The monoisotopic (exact) mass is 227 g/mol. The van der Waals surface area contributed by atoms with Crippen LogP contribution in [0.4, 0.5) is 14.0 Å². The van der Waals surface area contributed by atoms with Crippen molar-refractivity contribution in [3.8, 4) is 0 Å². The second kappa shape index (κ2) is 3.12. The molecule has 0 aliphatic heterocycles. The first kappa shape index (κ1) is 10.2. The van der Waals surface area contributed by atoms with E-state index in [1.54, 1.807) is 0 Å². The van der Waals surface area contributed by atoms with Crippen molar-refractivity contribution in [2.75, 3.05) is 5.73 Å². The standard InChI is InChI=1S/C6H4ClF2NO2S/c7-4-1-3(10)2-5(6(4)8)13(9,11)12/h1-2H,10H2. The predicted molar refractivity (Wildman–Crippen MR) is 44.1 cm³/mol. The molecule has 0 bridgehead atoms. The predicted octanol–water partition coefficient (Wildman–Crippen LogP) is 1.72. The van der Waals surface area contributed by atoms with Gasteiger partial charge < -0.3 is 5.73 Å². The molecule has 0 spiro atoms. The fourth-order valence-electron chi connectivity index (χ4n) is 0.761.